The fourth-order valence-electron chi connectivity index (χ4n) is 2.48. The van der Waals surface area contributed by atoms with Crippen LogP contribution in [-0.4, -0.2) is 31.7 Å². The summed E-state index contributed by atoms with van der Waals surface area (Å²) in [5.74, 6) is 0.929. The quantitative estimate of drug-likeness (QED) is 0.663. The molecule has 3 aromatic rings. The maximum absolute atomic E-state index is 5.93. The fraction of sp³-hybridized carbons (Fsp3) is 0.438. The number of furan rings is 1. The maximum Gasteiger partial charge on any atom is 0.198 e. The monoisotopic (exact) mass is 363 g/mol. The second kappa shape index (κ2) is 7.08. The van der Waals surface area contributed by atoms with Gasteiger partial charge in [-0.2, -0.15) is 0 Å². The minimum absolute atomic E-state index is 0.245. The van der Waals surface area contributed by atoms with E-state index in [2.05, 4.69) is 47.9 Å². The van der Waals surface area contributed by atoms with Crippen LogP contribution in [0.2, 0.25) is 0 Å². The average molecular weight is 364 g/mol. The van der Waals surface area contributed by atoms with E-state index in [1.54, 1.807) is 17.7 Å². The lowest BCUT2D eigenvalue weighted by atomic mass is 10.2. The molecule has 0 aliphatic carbocycles. The Morgan fingerprint density at radius 2 is 2.17 bits per heavy atom. The molecule has 0 aromatic carbocycles. The van der Waals surface area contributed by atoms with E-state index in [9.17, 15) is 0 Å². The molecule has 0 spiro atoms. The van der Waals surface area contributed by atoms with Crippen LogP contribution in [-0.2, 0) is 13.6 Å². The molecular formula is C16H21N5OS2. The Kier molecular flexibility index (Phi) is 5.07. The van der Waals surface area contributed by atoms with Gasteiger partial charge in [-0.1, -0.05) is 0 Å². The van der Waals surface area contributed by atoms with Gasteiger partial charge in [0.15, 0.2) is 10.2 Å². The minimum Gasteiger partial charge on any atom is -0.453 e. The van der Waals surface area contributed by atoms with Gasteiger partial charge in [0.05, 0.1) is 23.3 Å². The number of aryl methyl sites for hydroxylation is 3. The van der Waals surface area contributed by atoms with E-state index in [0.717, 1.165) is 33.3 Å². The molecule has 0 aliphatic rings. The summed E-state index contributed by atoms with van der Waals surface area (Å²) in [6, 6.07) is 4.24. The molecule has 0 saturated carbocycles. The van der Waals surface area contributed by atoms with Gasteiger partial charge < -0.3 is 8.98 Å². The number of nitrogens with zero attached hydrogens (tertiary/aromatic N) is 5. The Morgan fingerprint density at radius 3 is 2.79 bits per heavy atom. The van der Waals surface area contributed by atoms with Crippen molar-refractivity contribution in [2.45, 2.75) is 43.6 Å². The summed E-state index contributed by atoms with van der Waals surface area (Å²) in [6.45, 7) is 7.10. The number of rotatable bonds is 6. The van der Waals surface area contributed by atoms with Crippen LogP contribution in [0, 0.1) is 13.8 Å². The molecule has 128 valence electrons. The van der Waals surface area contributed by atoms with Gasteiger partial charge in [0.25, 0.3) is 0 Å². The van der Waals surface area contributed by atoms with Crippen molar-refractivity contribution in [3.8, 4) is 0 Å². The third kappa shape index (κ3) is 3.71. The van der Waals surface area contributed by atoms with Crippen molar-refractivity contribution in [2.24, 2.45) is 7.05 Å². The molecular weight excluding hydrogens is 342 g/mol. The van der Waals surface area contributed by atoms with E-state index < -0.39 is 0 Å². The summed E-state index contributed by atoms with van der Waals surface area (Å²) in [7, 11) is 4.01. The molecule has 3 heterocycles. The molecule has 0 radical (unpaired) electrons. The van der Waals surface area contributed by atoms with Gasteiger partial charge >= 0.3 is 0 Å². The Balaban J connectivity index is 1.65. The molecule has 0 bridgehead atoms. The van der Waals surface area contributed by atoms with Gasteiger partial charge in [0, 0.05) is 11.9 Å². The molecule has 1 unspecified atom stereocenters. The predicted molar refractivity (Wildman–Crippen MR) is 95.3 cm³/mol. The Bertz CT molecular complexity index is 822. The van der Waals surface area contributed by atoms with Crippen LogP contribution in [0.4, 0.5) is 0 Å². The molecule has 0 aliphatic heterocycles. The highest BCUT2D eigenvalue weighted by atomic mass is 32.2. The first-order valence-corrected chi connectivity index (χ1v) is 9.32. The number of hydrogen-bond acceptors (Lipinski definition) is 7. The van der Waals surface area contributed by atoms with Crippen molar-refractivity contribution >= 4 is 23.1 Å². The lowest BCUT2D eigenvalue weighted by molar-refractivity contribution is 0.223. The standard InChI is InChI=1S/C16H21N5OS2/c1-10(15-11(2)23-12(3)18-15)20(4)8-13-6-7-14(22-13)24-16-19-17-9-21(16)5/h6-7,9-10H,8H2,1-5H3. The first kappa shape index (κ1) is 17.2. The van der Waals surface area contributed by atoms with Crippen LogP contribution >= 0.6 is 23.1 Å². The Hall–Kier alpha value is -1.64. The van der Waals surface area contributed by atoms with E-state index >= 15 is 0 Å². The lowest BCUT2D eigenvalue weighted by Crippen LogP contribution is -2.22. The number of thiazole rings is 1. The van der Waals surface area contributed by atoms with Crippen molar-refractivity contribution in [1.82, 2.24) is 24.6 Å². The summed E-state index contributed by atoms with van der Waals surface area (Å²) in [5.41, 5.74) is 1.15. The average Bonchev–Trinajstić information content (AvgIpc) is 3.21. The van der Waals surface area contributed by atoms with E-state index in [4.69, 9.17) is 4.42 Å². The third-order valence-electron chi connectivity index (χ3n) is 3.90. The summed E-state index contributed by atoms with van der Waals surface area (Å²) >= 11 is 3.22. The van der Waals surface area contributed by atoms with Gasteiger partial charge in [0.2, 0.25) is 0 Å². The van der Waals surface area contributed by atoms with Crippen LogP contribution in [0.15, 0.2) is 33.1 Å². The van der Waals surface area contributed by atoms with Crippen molar-refractivity contribution in [3.05, 3.63) is 39.8 Å². The third-order valence-corrected chi connectivity index (χ3v) is 5.78. The number of hydrogen-bond donors (Lipinski definition) is 0. The summed E-state index contributed by atoms with van der Waals surface area (Å²) in [4.78, 5) is 8.19. The van der Waals surface area contributed by atoms with Gasteiger partial charge in [-0.25, -0.2) is 4.98 Å². The lowest BCUT2D eigenvalue weighted by Gasteiger charge is -2.22. The zero-order chi connectivity index (χ0) is 17.3. The van der Waals surface area contributed by atoms with Gasteiger partial charge in [0.1, 0.15) is 12.1 Å². The van der Waals surface area contributed by atoms with E-state index in [0.29, 0.717) is 0 Å². The highest BCUT2D eigenvalue weighted by Crippen LogP contribution is 2.30. The topological polar surface area (TPSA) is 60.0 Å². The SMILES string of the molecule is Cc1nc(C(C)N(C)Cc2ccc(Sc3nncn3C)o2)c(C)s1. The van der Waals surface area contributed by atoms with Gasteiger partial charge in [-0.3, -0.25) is 4.90 Å². The van der Waals surface area contributed by atoms with Crippen molar-refractivity contribution in [2.75, 3.05) is 7.05 Å². The van der Waals surface area contributed by atoms with Crippen molar-refractivity contribution in [1.29, 1.82) is 0 Å². The fourth-order valence-corrected chi connectivity index (χ4v) is 4.13. The molecule has 0 fully saturated rings. The highest BCUT2D eigenvalue weighted by molar-refractivity contribution is 7.99. The number of aromatic nitrogens is 4. The highest BCUT2D eigenvalue weighted by Gasteiger charge is 2.19. The smallest absolute Gasteiger partial charge is 0.198 e. The summed E-state index contributed by atoms with van der Waals surface area (Å²) < 4.78 is 7.80. The zero-order valence-corrected chi connectivity index (χ0v) is 16.1. The summed E-state index contributed by atoms with van der Waals surface area (Å²) in [5, 5.41) is 10.7. The Labute approximate surface area is 149 Å². The normalized spacial score (nSPS) is 12.9. The van der Waals surface area contributed by atoms with E-state index in [-0.39, 0.29) is 6.04 Å². The second-order valence-electron chi connectivity index (χ2n) is 5.81. The molecule has 1 atom stereocenters. The second-order valence-corrected chi connectivity index (χ2v) is 8.19. The molecule has 8 heteroatoms. The molecule has 3 rings (SSSR count). The van der Waals surface area contributed by atoms with E-state index in [1.165, 1.54) is 16.6 Å². The molecule has 6 nitrogen and oxygen atoms in total. The van der Waals surface area contributed by atoms with Crippen molar-refractivity contribution < 1.29 is 4.42 Å². The Morgan fingerprint density at radius 1 is 1.38 bits per heavy atom. The van der Waals surface area contributed by atoms with Crippen LogP contribution in [0.1, 0.15) is 34.3 Å². The molecule has 0 N–H and O–H groups in total. The van der Waals surface area contributed by atoms with Crippen LogP contribution in [0.5, 0.6) is 0 Å². The first-order valence-electron chi connectivity index (χ1n) is 7.68. The van der Waals surface area contributed by atoms with Crippen LogP contribution < -0.4 is 0 Å². The van der Waals surface area contributed by atoms with Gasteiger partial charge in [-0.05, 0) is 51.7 Å². The maximum atomic E-state index is 5.93. The van der Waals surface area contributed by atoms with Crippen LogP contribution in [0.3, 0.4) is 0 Å². The molecule has 3 aromatic heterocycles. The molecule has 24 heavy (non-hydrogen) atoms. The van der Waals surface area contributed by atoms with E-state index in [1.807, 2.05) is 23.7 Å². The zero-order valence-electron chi connectivity index (χ0n) is 14.5. The first-order chi connectivity index (χ1) is 11.4. The van der Waals surface area contributed by atoms with Crippen molar-refractivity contribution in [3.63, 3.8) is 0 Å². The minimum atomic E-state index is 0.245. The molecule has 0 saturated heterocycles. The van der Waals surface area contributed by atoms with Crippen LogP contribution in [0.25, 0.3) is 0 Å². The summed E-state index contributed by atoms with van der Waals surface area (Å²) in [6.07, 6.45) is 1.68. The largest absolute Gasteiger partial charge is 0.453 e. The predicted octanol–water partition coefficient (Wildman–Crippen LogP) is 3.83. The molecule has 0 amide bonds. The van der Waals surface area contributed by atoms with Gasteiger partial charge in [-0.15, -0.1) is 21.5 Å².